The average Bonchev–Trinajstić information content (AvgIpc) is 4.20. The first-order chi connectivity index (χ1) is 38.6. The molecule has 0 saturated heterocycles. The summed E-state index contributed by atoms with van der Waals surface area (Å²) < 4.78 is 16.2. The molecule has 13 rings (SSSR count). The summed E-state index contributed by atoms with van der Waals surface area (Å²) in [6, 6.07) is 75.2. The molecule has 1 aliphatic heterocycles. The third kappa shape index (κ3) is 9.51. The summed E-state index contributed by atoms with van der Waals surface area (Å²) in [5.74, 6) is 2.46. The predicted octanol–water partition coefficient (Wildman–Crippen LogP) is 20.7. The fraction of sp³-hybridized carbons (Fsp3) is 0.189. The number of benzene rings is 9. The molecule has 0 N–H and O–H groups in total. The Morgan fingerprint density at radius 2 is 1.14 bits per heavy atom. The Labute approximate surface area is 490 Å². The first-order valence-electron chi connectivity index (χ1n) is 28.1. The van der Waals surface area contributed by atoms with E-state index < -0.39 is 0 Å². The molecule has 406 valence electrons. The first kappa shape index (κ1) is 53.5. The number of hydrogen-bond acceptors (Lipinski definition) is 5. The van der Waals surface area contributed by atoms with Gasteiger partial charge in [0.15, 0.2) is 0 Å². The smallest absolute Gasteiger partial charge is 0.135 e. The maximum Gasteiger partial charge on any atom is 0.135 e. The first-order valence-corrected chi connectivity index (χ1v) is 28.1. The number of fused-ring (bicyclic) bond motifs is 8. The Kier molecular flexibility index (Phi) is 13.7. The number of nitrogens with zero attached hydrogens (tertiary/aromatic N) is 4. The average molecular weight is 1240 g/mol. The fourth-order valence-electron chi connectivity index (χ4n) is 11.8. The van der Waals surface area contributed by atoms with E-state index in [0.29, 0.717) is 11.5 Å². The van der Waals surface area contributed by atoms with Crippen LogP contribution < -0.4 is 14.5 Å². The number of pyridine rings is 1. The largest absolute Gasteiger partial charge is 0.509 e. The number of furan rings is 1. The van der Waals surface area contributed by atoms with Crippen molar-refractivity contribution < 1.29 is 30.2 Å². The van der Waals surface area contributed by atoms with Gasteiger partial charge in [-0.2, -0.15) is 6.07 Å². The fourth-order valence-corrected chi connectivity index (χ4v) is 11.8. The van der Waals surface area contributed by atoms with Crippen LogP contribution in [0.5, 0.6) is 11.5 Å². The molecule has 0 spiro atoms. The maximum atomic E-state index is 7.23. The Bertz CT molecular complexity index is 4260. The molecule has 81 heavy (non-hydrogen) atoms. The Morgan fingerprint density at radius 3 is 1.78 bits per heavy atom. The van der Waals surface area contributed by atoms with Gasteiger partial charge in [0, 0.05) is 83.2 Å². The Balaban J connectivity index is 0.00000651. The van der Waals surface area contributed by atoms with Crippen molar-refractivity contribution in [2.45, 2.75) is 91.9 Å². The van der Waals surface area contributed by atoms with Gasteiger partial charge in [0.05, 0.1) is 0 Å². The van der Waals surface area contributed by atoms with Gasteiger partial charge in [0.25, 0.3) is 0 Å². The zero-order valence-electron chi connectivity index (χ0n) is 47.6. The van der Waals surface area contributed by atoms with Crippen molar-refractivity contribution in [2.75, 3.05) is 9.80 Å². The van der Waals surface area contributed by atoms with E-state index in [1.165, 1.54) is 27.8 Å². The van der Waals surface area contributed by atoms with E-state index >= 15 is 0 Å². The van der Waals surface area contributed by atoms with Crippen LogP contribution in [0.1, 0.15) is 103 Å². The molecule has 0 amide bonds. The number of aromatic nitrogens is 2. The van der Waals surface area contributed by atoms with E-state index in [0.717, 1.165) is 100 Å². The van der Waals surface area contributed by atoms with Crippen molar-refractivity contribution in [2.24, 2.45) is 0 Å². The zero-order chi connectivity index (χ0) is 55.2. The third-order valence-electron chi connectivity index (χ3n) is 16.0. The number of para-hydroxylation sites is 3. The summed E-state index contributed by atoms with van der Waals surface area (Å²) in [6.07, 6.45) is 1.91. The van der Waals surface area contributed by atoms with Gasteiger partial charge < -0.3 is 23.5 Å². The van der Waals surface area contributed by atoms with Crippen molar-refractivity contribution in [3.05, 3.63) is 235 Å². The van der Waals surface area contributed by atoms with Gasteiger partial charge in [0.2, 0.25) is 0 Å². The molecule has 3 aromatic heterocycles. The maximum absolute atomic E-state index is 7.23. The summed E-state index contributed by atoms with van der Waals surface area (Å²) in [4.78, 5) is 9.71. The van der Waals surface area contributed by atoms with Crippen LogP contribution in [-0.4, -0.2) is 9.55 Å². The molecule has 7 heteroatoms. The molecule has 0 aliphatic carbocycles. The molecule has 0 unspecified atom stereocenters. The van der Waals surface area contributed by atoms with Crippen LogP contribution in [0.15, 0.2) is 199 Å². The molecule has 9 aromatic carbocycles. The number of anilines is 4. The van der Waals surface area contributed by atoms with Crippen LogP contribution >= 0.6 is 0 Å². The van der Waals surface area contributed by atoms with E-state index in [1.54, 1.807) is 0 Å². The van der Waals surface area contributed by atoms with Crippen LogP contribution in [0.4, 0.5) is 22.7 Å². The summed E-state index contributed by atoms with van der Waals surface area (Å²) in [6.45, 7) is 25.0. The topological polar surface area (TPSA) is 46.7 Å². The number of hydrogen-bond donors (Lipinski definition) is 0. The summed E-state index contributed by atoms with van der Waals surface area (Å²) in [5, 5.41) is 4.15. The second kappa shape index (κ2) is 20.7. The molecular formula is C74H65N4O2Pt-3. The Morgan fingerprint density at radius 1 is 0.531 bits per heavy atom. The van der Waals surface area contributed by atoms with E-state index in [9.17, 15) is 0 Å². The molecule has 0 bridgehead atoms. The van der Waals surface area contributed by atoms with Crippen LogP contribution in [0.3, 0.4) is 0 Å². The van der Waals surface area contributed by atoms with Crippen LogP contribution in [0.2, 0.25) is 0 Å². The van der Waals surface area contributed by atoms with Gasteiger partial charge >= 0.3 is 0 Å². The quantitative estimate of drug-likeness (QED) is 0.128. The van der Waals surface area contributed by atoms with Crippen LogP contribution in [0, 0.1) is 18.8 Å². The molecule has 0 fully saturated rings. The van der Waals surface area contributed by atoms with E-state index in [2.05, 4.69) is 272 Å². The van der Waals surface area contributed by atoms with Gasteiger partial charge in [-0.05, 0) is 122 Å². The van der Waals surface area contributed by atoms with Crippen molar-refractivity contribution in [3.63, 3.8) is 0 Å². The van der Waals surface area contributed by atoms with Gasteiger partial charge in [-0.25, -0.2) is 4.98 Å². The van der Waals surface area contributed by atoms with E-state index in [-0.39, 0.29) is 43.7 Å². The molecular weight excluding hydrogens is 1170 g/mol. The normalized spacial score (nSPS) is 12.8. The molecule has 6 nitrogen and oxygen atoms in total. The molecule has 4 heterocycles. The van der Waals surface area contributed by atoms with Crippen molar-refractivity contribution >= 4 is 66.5 Å². The monoisotopic (exact) mass is 1240 g/mol. The van der Waals surface area contributed by atoms with Crippen LogP contribution in [0.25, 0.3) is 82.9 Å². The standard InChI is InChI=1S/C74H65N4O2.Pt/c1-46(2)56-27-21-28-57(47(3)4)69(56)50-38-53(76-45-77(64-30-19-18-29-63(64)76)71-61(48-22-13-11-14-23-48)40-52(74(8,9)10)41-62(71)49-24-15-12-16-25-49)43-55(39-50)79-54-32-33-60-66(44-54)78(68-42-51(36-37-75-68)73(5,6)7)65-35-34-59-58-26-17-20-31-67(58)80-72(59)70(60)65;/h11-42,45-47H,1-10H3;/q-3;. The minimum Gasteiger partial charge on any atom is -0.509 e. The van der Waals surface area contributed by atoms with Crippen molar-refractivity contribution in [1.29, 1.82) is 0 Å². The molecule has 0 saturated carbocycles. The van der Waals surface area contributed by atoms with Gasteiger partial charge in [-0.3, -0.25) is 0 Å². The predicted molar refractivity (Wildman–Crippen MR) is 333 cm³/mol. The van der Waals surface area contributed by atoms with Gasteiger partial charge in [-0.1, -0.05) is 189 Å². The van der Waals surface area contributed by atoms with Crippen molar-refractivity contribution in [1.82, 2.24) is 9.55 Å². The van der Waals surface area contributed by atoms with Crippen molar-refractivity contribution in [3.8, 4) is 50.7 Å². The molecule has 12 aromatic rings. The second-order valence-corrected chi connectivity index (χ2v) is 24.1. The second-order valence-electron chi connectivity index (χ2n) is 24.1. The van der Waals surface area contributed by atoms with E-state index in [4.69, 9.17) is 14.1 Å². The molecule has 1 aliphatic rings. The van der Waals surface area contributed by atoms with Gasteiger partial charge in [0.1, 0.15) is 17.0 Å². The van der Waals surface area contributed by atoms with Gasteiger partial charge in [-0.15, -0.1) is 48.3 Å². The SMILES string of the molecule is CC(C)c1cccc(C(C)C)c1-c1cc(Oc2[c-]c3c(cc2)c2c4oc5ccccc5c4ccc2n3-c2cc(C(C)(C)C)ccn2)[c-]c(N2[CH-]N(c3c(-c4ccccc4)cc(C(C)(C)C)cc3-c3ccccc3)c3ccccc32)c1.[Pt]. The summed E-state index contributed by atoms with van der Waals surface area (Å²) >= 11 is 0. The minimum absolute atomic E-state index is 0. The zero-order valence-corrected chi connectivity index (χ0v) is 49.9. The molecule has 0 radical (unpaired) electrons. The van der Waals surface area contributed by atoms with E-state index in [1.807, 2.05) is 24.4 Å². The summed E-state index contributed by atoms with van der Waals surface area (Å²) in [7, 11) is 0. The Hall–Kier alpha value is -8.18. The third-order valence-corrected chi connectivity index (χ3v) is 16.0. The minimum atomic E-state index is -0.106. The van der Waals surface area contributed by atoms with Crippen LogP contribution in [-0.2, 0) is 31.9 Å². The molecule has 0 atom stereocenters. The number of ether oxygens (including phenoxy) is 1. The summed E-state index contributed by atoms with van der Waals surface area (Å²) in [5.41, 5.74) is 19.3. The number of rotatable bonds is 10.